The van der Waals surface area contributed by atoms with Crippen molar-refractivity contribution in [1.82, 2.24) is 4.98 Å². The maximum absolute atomic E-state index is 5.27. The van der Waals surface area contributed by atoms with Crippen LogP contribution in [0.1, 0.15) is 5.56 Å². The van der Waals surface area contributed by atoms with Crippen LogP contribution < -0.4 is 14.5 Å². The normalized spacial score (nSPS) is 14.2. The summed E-state index contributed by atoms with van der Waals surface area (Å²) in [6, 6.07) is 21.1. The van der Waals surface area contributed by atoms with Crippen molar-refractivity contribution in [2.45, 2.75) is 6.92 Å². The Balaban J connectivity index is 1.53. The lowest BCUT2D eigenvalue weighted by Gasteiger charge is -2.38. The second-order valence-corrected chi connectivity index (χ2v) is 7.85. The first kappa shape index (κ1) is 18.8. The molecule has 1 saturated heterocycles. The van der Waals surface area contributed by atoms with E-state index in [1.807, 2.05) is 18.2 Å². The van der Waals surface area contributed by atoms with Gasteiger partial charge in [0.2, 0.25) is 0 Å². The lowest BCUT2D eigenvalue weighted by atomic mass is 10.1. The molecule has 0 atom stereocenters. The summed E-state index contributed by atoms with van der Waals surface area (Å²) in [7, 11) is 1.70. The number of methoxy groups -OCH3 is 1. The Morgan fingerprint density at radius 1 is 0.821 bits per heavy atom. The van der Waals surface area contributed by atoms with E-state index in [4.69, 9.17) is 9.72 Å². The summed E-state index contributed by atoms with van der Waals surface area (Å²) < 4.78 is 6.13. The van der Waals surface area contributed by atoms with Crippen LogP contribution in [0.25, 0.3) is 11.3 Å². The van der Waals surface area contributed by atoms with E-state index in [-0.39, 0.29) is 0 Å². The van der Waals surface area contributed by atoms with Gasteiger partial charge in [0, 0.05) is 37.4 Å². The summed E-state index contributed by atoms with van der Waals surface area (Å²) in [5, 5.41) is 0. The SMILES string of the molecule is COc1ccc(N2CCN(c3ccc(Br)nc3-c3ccc(C)cc3)CC2)cc1. The van der Waals surface area contributed by atoms with Gasteiger partial charge in [0.15, 0.2) is 0 Å². The highest BCUT2D eigenvalue weighted by Gasteiger charge is 2.21. The molecule has 1 aromatic heterocycles. The van der Waals surface area contributed by atoms with E-state index in [2.05, 4.69) is 75.1 Å². The van der Waals surface area contributed by atoms with E-state index in [1.165, 1.54) is 16.9 Å². The van der Waals surface area contributed by atoms with Gasteiger partial charge in [0.05, 0.1) is 18.5 Å². The number of aromatic nitrogens is 1. The fraction of sp³-hybridized carbons (Fsp3) is 0.261. The van der Waals surface area contributed by atoms with Crippen LogP contribution in [0.15, 0.2) is 65.3 Å². The summed E-state index contributed by atoms with van der Waals surface area (Å²) in [5.74, 6) is 0.895. The Hall–Kier alpha value is -2.53. The molecule has 0 aliphatic carbocycles. The van der Waals surface area contributed by atoms with Crippen molar-refractivity contribution in [3.05, 3.63) is 70.8 Å². The van der Waals surface area contributed by atoms with Crippen LogP contribution in [0, 0.1) is 6.92 Å². The maximum atomic E-state index is 5.27. The molecule has 5 heteroatoms. The highest BCUT2D eigenvalue weighted by Crippen LogP contribution is 2.32. The summed E-state index contributed by atoms with van der Waals surface area (Å²) in [5.41, 5.74) is 5.88. The second-order valence-electron chi connectivity index (χ2n) is 7.04. The molecule has 4 rings (SSSR count). The average Bonchev–Trinajstić information content (AvgIpc) is 2.74. The van der Waals surface area contributed by atoms with Crippen LogP contribution in [-0.4, -0.2) is 38.3 Å². The number of aryl methyl sites for hydroxylation is 1. The van der Waals surface area contributed by atoms with Crippen LogP contribution in [0.3, 0.4) is 0 Å². The van der Waals surface area contributed by atoms with Crippen molar-refractivity contribution in [2.75, 3.05) is 43.1 Å². The summed E-state index contributed by atoms with van der Waals surface area (Å²) in [6.07, 6.45) is 0. The second kappa shape index (κ2) is 8.23. The smallest absolute Gasteiger partial charge is 0.119 e. The highest BCUT2D eigenvalue weighted by atomic mass is 79.9. The molecular formula is C23H24BrN3O. The van der Waals surface area contributed by atoms with Crippen LogP contribution in [0.4, 0.5) is 11.4 Å². The van der Waals surface area contributed by atoms with Gasteiger partial charge in [-0.25, -0.2) is 4.98 Å². The first-order valence-corrected chi connectivity index (χ1v) is 10.3. The maximum Gasteiger partial charge on any atom is 0.119 e. The van der Waals surface area contributed by atoms with E-state index >= 15 is 0 Å². The molecule has 4 nitrogen and oxygen atoms in total. The molecule has 3 aromatic rings. The molecule has 2 heterocycles. The van der Waals surface area contributed by atoms with Crippen molar-refractivity contribution < 1.29 is 4.74 Å². The minimum absolute atomic E-state index is 0.865. The fourth-order valence-electron chi connectivity index (χ4n) is 3.61. The van der Waals surface area contributed by atoms with Crippen molar-refractivity contribution >= 4 is 27.3 Å². The lowest BCUT2D eigenvalue weighted by Crippen LogP contribution is -2.46. The number of anilines is 2. The highest BCUT2D eigenvalue weighted by molar-refractivity contribution is 9.10. The van der Waals surface area contributed by atoms with Gasteiger partial charge in [0.1, 0.15) is 10.4 Å². The molecular weight excluding hydrogens is 414 g/mol. The number of halogens is 1. The standard InChI is InChI=1S/C23H24BrN3O/c1-17-3-5-18(6-4-17)23-21(11-12-22(24)25-23)27-15-13-26(14-16-27)19-7-9-20(28-2)10-8-19/h3-12H,13-16H2,1-2H3. The van der Waals surface area contributed by atoms with Gasteiger partial charge in [-0.15, -0.1) is 0 Å². The number of rotatable bonds is 4. The predicted molar refractivity (Wildman–Crippen MR) is 120 cm³/mol. The van der Waals surface area contributed by atoms with Gasteiger partial charge < -0.3 is 14.5 Å². The van der Waals surface area contributed by atoms with Gasteiger partial charge in [-0.1, -0.05) is 29.8 Å². The topological polar surface area (TPSA) is 28.6 Å². The lowest BCUT2D eigenvalue weighted by molar-refractivity contribution is 0.415. The summed E-state index contributed by atoms with van der Waals surface area (Å²) >= 11 is 3.54. The largest absolute Gasteiger partial charge is 0.497 e. The summed E-state index contributed by atoms with van der Waals surface area (Å²) in [6.45, 7) is 6.01. The Labute approximate surface area is 174 Å². The average molecular weight is 438 g/mol. The molecule has 144 valence electrons. The molecule has 0 spiro atoms. The zero-order valence-electron chi connectivity index (χ0n) is 16.2. The van der Waals surface area contributed by atoms with Gasteiger partial charge in [-0.2, -0.15) is 0 Å². The third-order valence-electron chi connectivity index (χ3n) is 5.22. The Bertz CT molecular complexity index is 933. The molecule has 0 saturated carbocycles. The number of hydrogen-bond acceptors (Lipinski definition) is 4. The Kier molecular flexibility index (Phi) is 5.53. The number of ether oxygens (including phenoxy) is 1. The number of nitrogens with zero attached hydrogens (tertiary/aromatic N) is 3. The predicted octanol–water partition coefficient (Wildman–Crippen LogP) is 5.15. The number of hydrogen-bond donors (Lipinski definition) is 0. The van der Waals surface area contributed by atoms with Crippen LogP contribution in [0.5, 0.6) is 5.75 Å². The summed E-state index contributed by atoms with van der Waals surface area (Å²) in [4.78, 5) is 9.66. The van der Waals surface area contributed by atoms with Crippen LogP contribution >= 0.6 is 15.9 Å². The fourth-order valence-corrected chi connectivity index (χ4v) is 3.92. The van der Waals surface area contributed by atoms with Gasteiger partial charge in [0.25, 0.3) is 0 Å². The molecule has 1 fully saturated rings. The van der Waals surface area contributed by atoms with Crippen molar-refractivity contribution in [3.63, 3.8) is 0 Å². The van der Waals surface area contributed by atoms with Crippen molar-refractivity contribution in [1.29, 1.82) is 0 Å². The first-order chi connectivity index (χ1) is 13.6. The molecule has 2 aromatic carbocycles. The Morgan fingerprint density at radius 2 is 1.46 bits per heavy atom. The van der Waals surface area contributed by atoms with Gasteiger partial charge in [-0.3, -0.25) is 0 Å². The first-order valence-electron chi connectivity index (χ1n) is 9.51. The van der Waals surface area contributed by atoms with Crippen LogP contribution in [0.2, 0.25) is 0 Å². The van der Waals surface area contributed by atoms with E-state index in [0.29, 0.717) is 0 Å². The minimum Gasteiger partial charge on any atom is -0.497 e. The van der Waals surface area contributed by atoms with E-state index in [9.17, 15) is 0 Å². The molecule has 0 radical (unpaired) electrons. The third-order valence-corrected chi connectivity index (χ3v) is 5.66. The van der Waals surface area contributed by atoms with Crippen molar-refractivity contribution in [2.24, 2.45) is 0 Å². The molecule has 0 bridgehead atoms. The third kappa shape index (κ3) is 3.99. The van der Waals surface area contributed by atoms with E-state index < -0.39 is 0 Å². The Morgan fingerprint density at radius 3 is 2.11 bits per heavy atom. The zero-order valence-corrected chi connectivity index (χ0v) is 17.8. The number of benzene rings is 2. The molecule has 1 aliphatic rings. The minimum atomic E-state index is 0.865. The van der Waals surface area contributed by atoms with E-state index in [1.54, 1.807) is 7.11 Å². The zero-order chi connectivity index (χ0) is 19.5. The molecule has 1 aliphatic heterocycles. The number of piperazine rings is 1. The molecule has 0 unspecified atom stereocenters. The molecule has 28 heavy (non-hydrogen) atoms. The van der Waals surface area contributed by atoms with Crippen molar-refractivity contribution in [3.8, 4) is 17.0 Å². The van der Waals surface area contributed by atoms with Gasteiger partial charge in [-0.05, 0) is 59.3 Å². The number of pyridine rings is 1. The molecule has 0 amide bonds. The quantitative estimate of drug-likeness (QED) is 0.527. The van der Waals surface area contributed by atoms with Gasteiger partial charge >= 0.3 is 0 Å². The van der Waals surface area contributed by atoms with Crippen LogP contribution in [-0.2, 0) is 0 Å². The van der Waals surface area contributed by atoms with E-state index in [0.717, 1.165) is 47.8 Å². The monoisotopic (exact) mass is 437 g/mol. The molecule has 0 N–H and O–H groups in total.